The molecule has 0 aromatic heterocycles. The van der Waals surface area contributed by atoms with E-state index in [1.807, 2.05) is 24.3 Å². The Bertz CT molecular complexity index is 2120. The first-order valence-corrected chi connectivity index (χ1v) is 16.7. The van der Waals surface area contributed by atoms with Crippen LogP contribution in [0.5, 0.6) is 11.5 Å². The number of methoxy groups -OCH3 is 2. The summed E-state index contributed by atoms with van der Waals surface area (Å²) in [6.07, 6.45) is 2.26. The van der Waals surface area contributed by atoms with Gasteiger partial charge in [0.1, 0.15) is 11.5 Å². The summed E-state index contributed by atoms with van der Waals surface area (Å²) in [7, 11) is 3.38. The van der Waals surface area contributed by atoms with Crippen molar-refractivity contribution >= 4 is 40.1 Å². The number of ether oxygens (including phenoxy) is 2. The van der Waals surface area contributed by atoms with Gasteiger partial charge in [-0.3, -0.25) is 0 Å². The van der Waals surface area contributed by atoms with E-state index in [0.29, 0.717) is 0 Å². The zero-order valence-electron chi connectivity index (χ0n) is 28.2. The van der Waals surface area contributed by atoms with Crippen LogP contribution in [-0.4, -0.2) is 14.2 Å². The quantitative estimate of drug-likeness (QED) is 0.141. The van der Waals surface area contributed by atoms with Crippen molar-refractivity contribution in [3.63, 3.8) is 0 Å². The van der Waals surface area contributed by atoms with Crippen molar-refractivity contribution in [3.8, 4) is 22.6 Å². The molecule has 0 aliphatic rings. The molecule has 0 unspecified atom stereocenters. The number of anilines is 5. The minimum Gasteiger partial charge on any atom is -0.497 e. The monoisotopic (exact) mass is 650 g/mol. The summed E-state index contributed by atoms with van der Waals surface area (Å²) in [5.41, 5.74) is 12.1. The van der Waals surface area contributed by atoms with Gasteiger partial charge in [-0.2, -0.15) is 0 Å². The second kappa shape index (κ2) is 15.1. The summed E-state index contributed by atoms with van der Waals surface area (Å²) in [6, 6.07) is 63.1. The average molecular weight is 651 g/mol. The highest BCUT2D eigenvalue weighted by atomic mass is 16.5. The van der Waals surface area contributed by atoms with Gasteiger partial charge in [-0.1, -0.05) is 103 Å². The van der Waals surface area contributed by atoms with Crippen molar-refractivity contribution in [2.24, 2.45) is 0 Å². The van der Waals surface area contributed by atoms with Gasteiger partial charge in [0.15, 0.2) is 0 Å². The topological polar surface area (TPSA) is 33.7 Å². The van der Waals surface area contributed by atoms with Crippen LogP contribution in [0.4, 0.5) is 28.4 Å². The molecule has 0 saturated heterocycles. The zero-order chi connectivity index (χ0) is 34.1. The number of hydrogen-bond acceptors (Lipinski definition) is 4. The van der Waals surface area contributed by atoms with Crippen molar-refractivity contribution < 1.29 is 9.47 Å². The lowest BCUT2D eigenvalue weighted by molar-refractivity contribution is 0.415. The minimum absolute atomic E-state index is 0.818. The van der Waals surface area contributed by atoms with Crippen LogP contribution in [-0.2, 0) is 0 Å². The molecule has 0 aliphatic carbocycles. The van der Waals surface area contributed by atoms with Crippen LogP contribution in [0.25, 0.3) is 22.8 Å². The van der Waals surface area contributed by atoms with Gasteiger partial charge in [-0.05, 0) is 113 Å². The summed E-state index contributed by atoms with van der Waals surface area (Å²) in [5, 5.41) is 3.64. The first kappa shape index (κ1) is 32.0. The van der Waals surface area contributed by atoms with E-state index in [2.05, 4.69) is 174 Å². The molecular weight excluding hydrogens is 613 g/mol. The predicted octanol–water partition coefficient (Wildman–Crippen LogP) is 12.2. The molecule has 0 saturated carbocycles. The van der Waals surface area contributed by atoms with Crippen molar-refractivity contribution in [2.45, 2.75) is 0 Å². The Hall–Kier alpha value is -6.52. The first-order chi connectivity index (χ1) is 24.7. The number of para-hydroxylation sites is 1. The number of nitrogens with one attached hydrogen (secondary N) is 1. The fourth-order valence-corrected chi connectivity index (χ4v) is 6.10. The maximum atomic E-state index is 5.47. The summed E-state index contributed by atoms with van der Waals surface area (Å²) in [6.45, 7) is 0. The Morgan fingerprint density at radius 2 is 0.940 bits per heavy atom. The fourth-order valence-electron chi connectivity index (χ4n) is 6.10. The van der Waals surface area contributed by atoms with Crippen LogP contribution in [0.15, 0.2) is 182 Å². The molecule has 0 bridgehead atoms. The molecule has 0 heterocycles. The van der Waals surface area contributed by atoms with E-state index in [0.717, 1.165) is 56.6 Å². The smallest absolute Gasteiger partial charge is 0.119 e. The van der Waals surface area contributed by atoms with Gasteiger partial charge in [-0.25, -0.2) is 0 Å². The van der Waals surface area contributed by atoms with E-state index in [-0.39, 0.29) is 0 Å². The van der Waals surface area contributed by atoms with Gasteiger partial charge in [-0.15, -0.1) is 0 Å². The molecule has 7 aromatic rings. The Balaban J connectivity index is 1.20. The van der Waals surface area contributed by atoms with Crippen LogP contribution in [0.2, 0.25) is 0 Å². The second-order valence-electron chi connectivity index (χ2n) is 11.9. The average Bonchev–Trinajstić information content (AvgIpc) is 3.19. The molecule has 50 heavy (non-hydrogen) atoms. The number of benzene rings is 7. The van der Waals surface area contributed by atoms with Gasteiger partial charge in [0.05, 0.1) is 14.2 Å². The molecule has 7 rings (SSSR count). The molecule has 0 spiro atoms. The van der Waals surface area contributed by atoms with E-state index < -0.39 is 0 Å². The van der Waals surface area contributed by atoms with Crippen molar-refractivity contribution in [3.05, 3.63) is 199 Å². The summed E-state index contributed by atoms with van der Waals surface area (Å²) in [4.78, 5) is 2.26. The van der Waals surface area contributed by atoms with Gasteiger partial charge in [0, 0.05) is 34.0 Å². The van der Waals surface area contributed by atoms with Crippen molar-refractivity contribution in [1.29, 1.82) is 0 Å². The van der Waals surface area contributed by atoms with Crippen molar-refractivity contribution in [1.82, 2.24) is 0 Å². The van der Waals surface area contributed by atoms with E-state index in [4.69, 9.17) is 9.47 Å². The molecule has 0 aliphatic heterocycles. The molecule has 7 aromatic carbocycles. The summed E-state index contributed by atoms with van der Waals surface area (Å²) in [5.74, 6) is 1.66. The fraction of sp³-hybridized carbons (Fsp3) is 0.0435. The highest BCUT2D eigenvalue weighted by Gasteiger charge is 2.14. The SMILES string of the molecule is COc1ccc(-c2ccccc2Nc2ccc(N(c3ccc(C=C(c4ccccc4)c4ccccc4)cc3)c3ccc(OC)cc3)cc2)cc1. The second-order valence-corrected chi connectivity index (χ2v) is 11.9. The number of hydrogen-bond donors (Lipinski definition) is 1. The molecule has 0 amide bonds. The first-order valence-electron chi connectivity index (χ1n) is 16.7. The third-order valence-electron chi connectivity index (χ3n) is 8.70. The van der Waals surface area contributed by atoms with Gasteiger partial charge in [0.2, 0.25) is 0 Å². The third-order valence-corrected chi connectivity index (χ3v) is 8.70. The molecule has 4 nitrogen and oxygen atoms in total. The maximum absolute atomic E-state index is 5.47. The van der Waals surface area contributed by atoms with Crippen LogP contribution in [0, 0.1) is 0 Å². The molecule has 1 N–H and O–H groups in total. The standard InChI is InChI=1S/C46H38N2O2/c1-49-42-29-19-37(20-30-42)44-15-9-10-16-46(44)47-38-21-25-40(26-22-38)48(41-27-31-43(50-2)32-28-41)39-23-17-34(18-24-39)33-45(35-11-5-3-6-12-35)36-13-7-4-8-14-36/h3-33,47H,1-2H3. The molecular formula is C46H38N2O2. The lowest BCUT2D eigenvalue weighted by atomic mass is 9.95. The Morgan fingerprint density at radius 1 is 0.480 bits per heavy atom. The van der Waals surface area contributed by atoms with Gasteiger partial charge in [0.25, 0.3) is 0 Å². The predicted molar refractivity (Wildman–Crippen MR) is 209 cm³/mol. The Kier molecular flexibility index (Phi) is 9.70. The number of nitrogens with zero attached hydrogens (tertiary/aromatic N) is 1. The molecule has 0 atom stereocenters. The largest absolute Gasteiger partial charge is 0.497 e. The van der Waals surface area contributed by atoms with Crippen molar-refractivity contribution in [2.75, 3.05) is 24.4 Å². The molecule has 0 radical (unpaired) electrons. The lowest BCUT2D eigenvalue weighted by Gasteiger charge is -2.26. The van der Waals surface area contributed by atoms with Crippen LogP contribution in [0.1, 0.15) is 16.7 Å². The van der Waals surface area contributed by atoms with E-state index in [1.165, 1.54) is 16.7 Å². The van der Waals surface area contributed by atoms with Gasteiger partial charge >= 0.3 is 0 Å². The van der Waals surface area contributed by atoms with Crippen LogP contribution >= 0.6 is 0 Å². The molecule has 244 valence electrons. The van der Waals surface area contributed by atoms with E-state index in [9.17, 15) is 0 Å². The highest BCUT2D eigenvalue weighted by molar-refractivity contribution is 5.92. The highest BCUT2D eigenvalue weighted by Crippen LogP contribution is 2.38. The van der Waals surface area contributed by atoms with Crippen LogP contribution < -0.4 is 19.7 Å². The zero-order valence-corrected chi connectivity index (χ0v) is 28.2. The molecule has 0 fully saturated rings. The van der Waals surface area contributed by atoms with E-state index in [1.54, 1.807) is 14.2 Å². The van der Waals surface area contributed by atoms with Crippen LogP contribution in [0.3, 0.4) is 0 Å². The summed E-state index contributed by atoms with van der Waals surface area (Å²) >= 11 is 0. The van der Waals surface area contributed by atoms with E-state index >= 15 is 0 Å². The minimum atomic E-state index is 0.818. The lowest BCUT2D eigenvalue weighted by Crippen LogP contribution is -2.10. The normalized spacial score (nSPS) is 10.6. The van der Waals surface area contributed by atoms with Gasteiger partial charge < -0.3 is 19.7 Å². The molecule has 4 heteroatoms. The number of rotatable bonds is 11. The Labute approximate surface area is 294 Å². The maximum Gasteiger partial charge on any atom is 0.119 e. The third kappa shape index (κ3) is 7.30. The summed E-state index contributed by atoms with van der Waals surface area (Å²) < 4.78 is 10.8. The Morgan fingerprint density at radius 3 is 1.48 bits per heavy atom.